The number of benzene rings is 2. The summed E-state index contributed by atoms with van der Waals surface area (Å²) in [5, 5.41) is 12.0. The predicted octanol–water partition coefficient (Wildman–Crippen LogP) is 3.11. The van der Waals surface area contributed by atoms with Crippen molar-refractivity contribution in [2.24, 2.45) is 0 Å². The quantitative estimate of drug-likeness (QED) is 0.767. The number of aliphatic hydroxyl groups is 1. The largest absolute Gasteiger partial charge is 0.395 e. The van der Waals surface area contributed by atoms with E-state index in [2.05, 4.69) is 11.9 Å². The van der Waals surface area contributed by atoms with Crippen molar-refractivity contribution in [3.05, 3.63) is 84.2 Å². The lowest BCUT2D eigenvalue weighted by Crippen LogP contribution is -2.43. The van der Waals surface area contributed by atoms with E-state index in [-0.39, 0.29) is 25.0 Å². The van der Waals surface area contributed by atoms with Gasteiger partial charge in [-0.05, 0) is 23.3 Å². The Morgan fingerprint density at radius 3 is 2.54 bits per heavy atom. The minimum Gasteiger partial charge on any atom is -0.395 e. The van der Waals surface area contributed by atoms with Gasteiger partial charge in [0.2, 0.25) is 0 Å². The maximum Gasteiger partial charge on any atom is 0.318 e. The smallest absolute Gasteiger partial charge is 0.318 e. The molecule has 0 radical (unpaired) electrons. The minimum atomic E-state index is -0.486. The van der Waals surface area contributed by atoms with E-state index < -0.39 is 6.04 Å². The Bertz CT molecular complexity index is 676. The van der Waals surface area contributed by atoms with Crippen molar-refractivity contribution < 1.29 is 14.3 Å². The summed E-state index contributed by atoms with van der Waals surface area (Å²) >= 11 is 0. The van der Waals surface area contributed by atoms with Crippen LogP contribution in [-0.2, 0) is 0 Å². The van der Waals surface area contributed by atoms with Crippen LogP contribution in [0.3, 0.4) is 0 Å². The van der Waals surface area contributed by atoms with Crippen LogP contribution in [0.1, 0.15) is 17.2 Å². The van der Waals surface area contributed by atoms with Crippen molar-refractivity contribution in [1.82, 2.24) is 10.2 Å². The van der Waals surface area contributed by atoms with E-state index in [1.165, 1.54) is 17.0 Å². The highest BCUT2D eigenvalue weighted by Crippen LogP contribution is 2.23. The summed E-state index contributed by atoms with van der Waals surface area (Å²) in [5.41, 5.74) is 1.50. The molecule has 0 aromatic heterocycles. The summed E-state index contributed by atoms with van der Waals surface area (Å²) in [7, 11) is 0. The molecule has 0 spiro atoms. The molecule has 0 aliphatic rings. The Kier molecular flexibility index (Phi) is 6.51. The van der Waals surface area contributed by atoms with Gasteiger partial charge in [-0.3, -0.25) is 0 Å². The van der Waals surface area contributed by atoms with Crippen LogP contribution in [0.25, 0.3) is 0 Å². The number of rotatable bonds is 7. The minimum absolute atomic E-state index is 0.142. The zero-order chi connectivity index (χ0) is 17.4. The van der Waals surface area contributed by atoms with Crippen LogP contribution in [-0.4, -0.2) is 35.7 Å². The molecular formula is C19H21FN2O2. The normalized spacial score (nSPS) is 11.6. The number of hydrogen-bond donors (Lipinski definition) is 2. The number of halogens is 1. The average Bonchev–Trinajstić information content (AvgIpc) is 2.60. The first-order valence-corrected chi connectivity index (χ1v) is 7.73. The lowest BCUT2D eigenvalue weighted by molar-refractivity contribution is 0.181. The molecule has 4 nitrogen and oxygen atoms in total. The van der Waals surface area contributed by atoms with Crippen LogP contribution in [0.2, 0.25) is 0 Å². The monoisotopic (exact) mass is 328 g/mol. The first-order valence-electron chi connectivity index (χ1n) is 7.73. The Labute approximate surface area is 141 Å². The summed E-state index contributed by atoms with van der Waals surface area (Å²) < 4.78 is 13.6. The van der Waals surface area contributed by atoms with Crippen molar-refractivity contribution in [3.63, 3.8) is 0 Å². The highest BCUT2D eigenvalue weighted by atomic mass is 19.1. The Hall–Kier alpha value is -2.66. The fourth-order valence-corrected chi connectivity index (χ4v) is 2.46. The second-order valence-corrected chi connectivity index (χ2v) is 5.31. The molecule has 0 heterocycles. The standard InChI is InChI=1S/C19H21FN2O2/c1-2-11-22(12-13-23)19(24)21-18(15-7-4-3-5-8-15)16-9-6-10-17(20)14-16/h2-10,14,18,23H,1,11-13H2,(H,21,24). The first-order chi connectivity index (χ1) is 11.7. The van der Waals surface area contributed by atoms with Gasteiger partial charge in [-0.25, -0.2) is 9.18 Å². The van der Waals surface area contributed by atoms with Crippen LogP contribution >= 0.6 is 0 Å². The molecule has 1 atom stereocenters. The number of nitrogens with zero attached hydrogens (tertiary/aromatic N) is 1. The molecule has 24 heavy (non-hydrogen) atoms. The van der Waals surface area contributed by atoms with Crippen molar-refractivity contribution >= 4 is 6.03 Å². The molecule has 1 unspecified atom stereocenters. The third-order valence-corrected chi connectivity index (χ3v) is 3.59. The summed E-state index contributed by atoms with van der Waals surface area (Å²) in [6.07, 6.45) is 1.59. The van der Waals surface area contributed by atoms with E-state index in [1.54, 1.807) is 18.2 Å². The van der Waals surface area contributed by atoms with E-state index in [0.717, 1.165) is 5.56 Å². The summed E-state index contributed by atoms with van der Waals surface area (Å²) in [4.78, 5) is 14.0. The van der Waals surface area contributed by atoms with Crippen LogP contribution in [0, 0.1) is 5.82 Å². The summed E-state index contributed by atoms with van der Waals surface area (Å²) in [6.45, 7) is 3.99. The van der Waals surface area contributed by atoms with Gasteiger partial charge in [0.05, 0.1) is 12.6 Å². The van der Waals surface area contributed by atoms with Crippen molar-refractivity contribution in [2.75, 3.05) is 19.7 Å². The number of hydrogen-bond acceptors (Lipinski definition) is 2. The zero-order valence-corrected chi connectivity index (χ0v) is 13.4. The number of aliphatic hydroxyl groups excluding tert-OH is 1. The maximum atomic E-state index is 13.6. The number of nitrogens with one attached hydrogen (secondary N) is 1. The van der Waals surface area contributed by atoms with Gasteiger partial charge in [-0.15, -0.1) is 6.58 Å². The first kappa shape index (κ1) is 17.7. The van der Waals surface area contributed by atoms with Gasteiger partial charge in [-0.2, -0.15) is 0 Å². The zero-order valence-electron chi connectivity index (χ0n) is 13.4. The van der Waals surface area contributed by atoms with Crippen molar-refractivity contribution in [3.8, 4) is 0 Å². The number of carbonyl (C=O) groups is 1. The second kappa shape index (κ2) is 8.84. The number of carbonyl (C=O) groups excluding carboxylic acids is 1. The van der Waals surface area contributed by atoms with Gasteiger partial charge in [0.15, 0.2) is 0 Å². The van der Waals surface area contributed by atoms with E-state index in [4.69, 9.17) is 5.11 Å². The highest BCUT2D eigenvalue weighted by molar-refractivity contribution is 5.75. The topological polar surface area (TPSA) is 52.6 Å². The van der Waals surface area contributed by atoms with Gasteiger partial charge in [-0.1, -0.05) is 48.5 Å². The van der Waals surface area contributed by atoms with Gasteiger partial charge >= 0.3 is 6.03 Å². The SMILES string of the molecule is C=CCN(CCO)C(=O)NC(c1ccccc1)c1cccc(F)c1. The van der Waals surface area contributed by atoms with Crippen molar-refractivity contribution in [1.29, 1.82) is 0 Å². The number of amides is 2. The molecule has 126 valence electrons. The van der Waals surface area contributed by atoms with Crippen molar-refractivity contribution in [2.45, 2.75) is 6.04 Å². The second-order valence-electron chi connectivity index (χ2n) is 5.31. The molecule has 0 saturated carbocycles. The lowest BCUT2D eigenvalue weighted by atomic mass is 9.99. The van der Waals surface area contributed by atoms with Crippen LogP contribution in [0.5, 0.6) is 0 Å². The molecule has 0 bridgehead atoms. The molecule has 2 aromatic rings. The van der Waals surface area contributed by atoms with Gasteiger partial charge < -0.3 is 15.3 Å². The molecular weight excluding hydrogens is 307 g/mol. The Morgan fingerprint density at radius 2 is 1.92 bits per heavy atom. The molecule has 0 aliphatic heterocycles. The van der Waals surface area contributed by atoms with E-state index in [9.17, 15) is 9.18 Å². The van der Waals surface area contributed by atoms with Crippen LogP contribution in [0.15, 0.2) is 67.3 Å². The number of urea groups is 1. The van der Waals surface area contributed by atoms with Gasteiger partial charge in [0.1, 0.15) is 5.82 Å². The molecule has 2 N–H and O–H groups in total. The van der Waals surface area contributed by atoms with Gasteiger partial charge in [0.25, 0.3) is 0 Å². The Balaban J connectivity index is 2.29. The van der Waals surface area contributed by atoms with Gasteiger partial charge in [0, 0.05) is 13.1 Å². The molecule has 2 amide bonds. The molecule has 5 heteroatoms. The lowest BCUT2D eigenvalue weighted by Gasteiger charge is -2.26. The van der Waals surface area contributed by atoms with E-state index in [1.807, 2.05) is 30.3 Å². The van der Waals surface area contributed by atoms with Crippen LogP contribution < -0.4 is 5.32 Å². The van der Waals surface area contributed by atoms with Crippen LogP contribution in [0.4, 0.5) is 9.18 Å². The molecule has 2 rings (SSSR count). The molecule has 0 fully saturated rings. The fraction of sp³-hybridized carbons (Fsp3) is 0.211. The van der Waals surface area contributed by atoms with E-state index in [0.29, 0.717) is 12.1 Å². The maximum absolute atomic E-state index is 13.6. The average molecular weight is 328 g/mol. The predicted molar refractivity (Wildman–Crippen MR) is 92.1 cm³/mol. The molecule has 2 aromatic carbocycles. The molecule has 0 aliphatic carbocycles. The fourth-order valence-electron chi connectivity index (χ4n) is 2.46. The highest BCUT2D eigenvalue weighted by Gasteiger charge is 2.20. The third kappa shape index (κ3) is 4.67. The Morgan fingerprint density at radius 1 is 1.21 bits per heavy atom. The third-order valence-electron chi connectivity index (χ3n) is 3.59. The van der Waals surface area contributed by atoms with E-state index >= 15 is 0 Å². The summed E-state index contributed by atoms with van der Waals surface area (Å²) in [5.74, 6) is -0.360. The molecule has 0 saturated heterocycles. The summed E-state index contributed by atoms with van der Waals surface area (Å²) in [6, 6.07) is 14.7.